The summed E-state index contributed by atoms with van der Waals surface area (Å²) in [5.74, 6) is 1.39. The van der Waals surface area contributed by atoms with Gasteiger partial charge in [-0.3, -0.25) is 9.59 Å². The standard InChI is InChI=1S/C42H40F3N5O3/c43-42(44,45)33-12-5-10-30(24-33)37(51)39(53)50-20-6-13-35-34(26-50)38(52)48-40(47-35)41(18-19-41)32-11-4-9-29(23-32)31-14-15-36(46-25-31)49-21-16-28(17-22-49)27-7-2-1-3-8-27/h1-5,7-12,14-15,23-25,28,37,51H,6,13,16-22,26H2,(H,47,48,52)/t37-/m1/s1. The minimum absolute atomic E-state index is 0.0939. The van der Waals surface area contributed by atoms with Crippen LogP contribution in [0.4, 0.5) is 19.0 Å². The van der Waals surface area contributed by atoms with Gasteiger partial charge in [0.1, 0.15) is 11.6 Å². The van der Waals surface area contributed by atoms with Gasteiger partial charge in [-0.1, -0.05) is 66.7 Å². The number of aliphatic hydroxyl groups is 1. The molecule has 1 saturated carbocycles. The SMILES string of the molecule is O=C([C@H](O)c1cccc(C(F)(F)F)c1)N1CCCc2nc(C3(c4cccc(-c5ccc(N6CCC(c7ccccc7)CC6)nc5)c4)CC3)[nH]c(=O)c2C1. The van der Waals surface area contributed by atoms with Crippen LogP contribution in [0, 0.1) is 0 Å². The Morgan fingerprint density at radius 2 is 1.68 bits per heavy atom. The molecule has 1 amide bonds. The van der Waals surface area contributed by atoms with E-state index >= 15 is 0 Å². The van der Waals surface area contributed by atoms with Crippen molar-refractivity contribution in [2.45, 2.75) is 68.7 Å². The van der Waals surface area contributed by atoms with Gasteiger partial charge >= 0.3 is 6.18 Å². The molecule has 8 nitrogen and oxygen atoms in total. The van der Waals surface area contributed by atoms with Crippen molar-refractivity contribution in [2.75, 3.05) is 24.5 Å². The van der Waals surface area contributed by atoms with Crippen LogP contribution in [0.15, 0.2) is 102 Å². The highest BCUT2D eigenvalue weighted by molar-refractivity contribution is 5.82. The van der Waals surface area contributed by atoms with Crippen molar-refractivity contribution >= 4 is 11.7 Å². The van der Waals surface area contributed by atoms with Crippen molar-refractivity contribution in [3.05, 3.63) is 147 Å². The second kappa shape index (κ2) is 13.9. The minimum atomic E-state index is -4.61. The van der Waals surface area contributed by atoms with E-state index in [1.165, 1.54) is 16.5 Å². The molecule has 53 heavy (non-hydrogen) atoms. The molecular weight excluding hydrogens is 679 g/mol. The lowest BCUT2D eigenvalue weighted by molar-refractivity contribution is -0.142. The number of fused-ring (bicyclic) bond motifs is 1. The van der Waals surface area contributed by atoms with Gasteiger partial charge in [0.15, 0.2) is 6.10 Å². The predicted octanol–water partition coefficient (Wildman–Crippen LogP) is 7.32. The molecule has 0 spiro atoms. The molecule has 4 heterocycles. The summed E-state index contributed by atoms with van der Waals surface area (Å²) in [5.41, 5.74) is 3.53. The molecule has 8 rings (SSSR count). The number of nitrogens with one attached hydrogen (secondary N) is 1. The van der Waals surface area contributed by atoms with Crippen LogP contribution in [0.2, 0.25) is 0 Å². The Balaban J connectivity index is 0.972. The first-order valence-corrected chi connectivity index (χ1v) is 18.2. The van der Waals surface area contributed by atoms with Gasteiger partial charge in [-0.2, -0.15) is 13.2 Å². The Hall–Kier alpha value is -5.29. The average Bonchev–Trinajstić information content (AvgIpc) is 4.03. The summed E-state index contributed by atoms with van der Waals surface area (Å²) in [5, 5.41) is 10.8. The number of alkyl halides is 3. The van der Waals surface area contributed by atoms with Crippen molar-refractivity contribution in [3.8, 4) is 11.1 Å². The average molecular weight is 720 g/mol. The van der Waals surface area contributed by atoms with Gasteiger partial charge in [0, 0.05) is 31.4 Å². The summed E-state index contributed by atoms with van der Waals surface area (Å²) >= 11 is 0. The van der Waals surface area contributed by atoms with E-state index in [1.807, 2.05) is 12.3 Å². The van der Waals surface area contributed by atoms with Crippen LogP contribution in [-0.4, -0.2) is 50.5 Å². The number of carbonyl (C=O) groups excluding carboxylic acids is 1. The van der Waals surface area contributed by atoms with Crippen molar-refractivity contribution in [3.63, 3.8) is 0 Å². The maximum atomic E-state index is 13.6. The topological polar surface area (TPSA) is 102 Å². The molecule has 5 aromatic rings. The van der Waals surface area contributed by atoms with E-state index in [-0.39, 0.29) is 24.2 Å². The molecule has 1 saturated heterocycles. The molecule has 272 valence electrons. The number of aromatic amines is 1. The minimum Gasteiger partial charge on any atom is -0.378 e. The van der Waals surface area contributed by atoms with Crippen LogP contribution >= 0.6 is 0 Å². The van der Waals surface area contributed by atoms with Gasteiger partial charge in [-0.05, 0) is 91.0 Å². The lowest BCUT2D eigenvalue weighted by Gasteiger charge is -2.33. The van der Waals surface area contributed by atoms with E-state index in [2.05, 4.69) is 70.5 Å². The fraction of sp³-hybridized carbons (Fsp3) is 0.333. The first-order valence-electron chi connectivity index (χ1n) is 18.2. The summed E-state index contributed by atoms with van der Waals surface area (Å²) in [6.45, 7) is 2.06. The zero-order valence-corrected chi connectivity index (χ0v) is 29.1. The number of amides is 1. The first kappa shape index (κ1) is 34.8. The summed E-state index contributed by atoms with van der Waals surface area (Å²) in [6.07, 6.45) is 0.297. The fourth-order valence-corrected chi connectivity index (χ4v) is 7.93. The number of H-pyrrole nitrogens is 1. The molecule has 2 fully saturated rings. The smallest absolute Gasteiger partial charge is 0.378 e. The number of aromatic nitrogens is 3. The Labute approximate surface area is 305 Å². The molecule has 0 bridgehead atoms. The summed E-state index contributed by atoms with van der Waals surface area (Å²) in [4.78, 5) is 43.5. The largest absolute Gasteiger partial charge is 0.416 e. The van der Waals surface area contributed by atoms with E-state index in [4.69, 9.17) is 9.97 Å². The predicted molar refractivity (Wildman–Crippen MR) is 195 cm³/mol. The summed E-state index contributed by atoms with van der Waals surface area (Å²) in [7, 11) is 0. The van der Waals surface area contributed by atoms with Crippen LogP contribution < -0.4 is 10.5 Å². The number of hydrogen-bond acceptors (Lipinski definition) is 6. The number of halogens is 3. The number of carbonyl (C=O) groups is 1. The maximum Gasteiger partial charge on any atom is 0.416 e. The molecule has 11 heteroatoms. The number of piperidine rings is 1. The van der Waals surface area contributed by atoms with Gasteiger partial charge in [0.05, 0.1) is 28.8 Å². The van der Waals surface area contributed by atoms with Gasteiger partial charge in [0.25, 0.3) is 11.5 Å². The van der Waals surface area contributed by atoms with E-state index in [1.54, 1.807) is 0 Å². The lowest BCUT2D eigenvalue weighted by atomic mass is 9.89. The van der Waals surface area contributed by atoms with Crippen LogP contribution in [0.5, 0.6) is 0 Å². The van der Waals surface area contributed by atoms with E-state index in [9.17, 15) is 27.9 Å². The van der Waals surface area contributed by atoms with Crippen molar-refractivity contribution in [2.24, 2.45) is 0 Å². The zero-order valence-electron chi connectivity index (χ0n) is 29.1. The Kier molecular flexibility index (Phi) is 9.14. The molecule has 2 N–H and O–H groups in total. The summed E-state index contributed by atoms with van der Waals surface area (Å²) in [6, 6.07) is 27.3. The normalized spacial score (nSPS) is 17.9. The molecule has 3 aliphatic rings. The number of hydrogen-bond donors (Lipinski definition) is 2. The Bertz CT molecular complexity index is 2180. The van der Waals surface area contributed by atoms with Gasteiger partial charge in [0.2, 0.25) is 0 Å². The van der Waals surface area contributed by atoms with Crippen molar-refractivity contribution < 1.29 is 23.1 Å². The molecule has 2 aliphatic heterocycles. The third-order valence-corrected chi connectivity index (χ3v) is 11.2. The van der Waals surface area contributed by atoms with E-state index in [0.717, 1.165) is 79.5 Å². The monoisotopic (exact) mass is 719 g/mol. The van der Waals surface area contributed by atoms with Crippen LogP contribution in [0.25, 0.3) is 11.1 Å². The number of pyridine rings is 1. The van der Waals surface area contributed by atoms with Crippen molar-refractivity contribution in [1.82, 2.24) is 19.9 Å². The third kappa shape index (κ3) is 6.97. The third-order valence-electron chi connectivity index (χ3n) is 11.2. The highest BCUT2D eigenvalue weighted by Crippen LogP contribution is 2.52. The molecular formula is C42H40F3N5O3. The number of benzene rings is 3. The molecule has 3 aromatic carbocycles. The molecule has 1 atom stereocenters. The highest BCUT2D eigenvalue weighted by Gasteiger charge is 2.49. The number of anilines is 1. The fourth-order valence-electron chi connectivity index (χ4n) is 7.93. The molecule has 0 unspecified atom stereocenters. The van der Waals surface area contributed by atoms with Crippen LogP contribution in [-0.2, 0) is 29.4 Å². The first-order chi connectivity index (χ1) is 25.6. The Morgan fingerprint density at radius 1 is 0.906 bits per heavy atom. The zero-order chi connectivity index (χ0) is 36.7. The number of nitrogens with zero attached hydrogens (tertiary/aromatic N) is 4. The highest BCUT2D eigenvalue weighted by atomic mass is 19.4. The quantitative estimate of drug-likeness (QED) is 0.183. The number of aryl methyl sites for hydroxylation is 1. The molecule has 0 radical (unpaired) electrons. The second-order valence-corrected chi connectivity index (χ2v) is 14.5. The maximum absolute atomic E-state index is 13.6. The number of aliphatic hydroxyl groups excluding tert-OH is 1. The lowest BCUT2D eigenvalue weighted by Crippen LogP contribution is -2.36. The van der Waals surface area contributed by atoms with E-state index < -0.39 is 29.2 Å². The van der Waals surface area contributed by atoms with Gasteiger partial charge in [-0.25, -0.2) is 9.97 Å². The Morgan fingerprint density at radius 3 is 2.40 bits per heavy atom. The summed E-state index contributed by atoms with van der Waals surface area (Å²) < 4.78 is 39.8. The van der Waals surface area contributed by atoms with Crippen LogP contribution in [0.3, 0.4) is 0 Å². The van der Waals surface area contributed by atoms with Gasteiger partial charge < -0.3 is 19.9 Å². The number of rotatable bonds is 7. The second-order valence-electron chi connectivity index (χ2n) is 14.5. The molecule has 2 aromatic heterocycles. The molecule has 1 aliphatic carbocycles. The van der Waals surface area contributed by atoms with Crippen LogP contribution in [0.1, 0.15) is 83.5 Å². The van der Waals surface area contributed by atoms with Crippen molar-refractivity contribution in [1.29, 1.82) is 0 Å². The van der Waals surface area contributed by atoms with Gasteiger partial charge in [-0.15, -0.1) is 0 Å². The van der Waals surface area contributed by atoms with E-state index in [0.29, 0.717) is 35.8 Å².